The highest BCUT2D eigenvalue weighted by molar-refractivity contribution is 7.89. The van der Waals surface area contributed by atoms with E-state index in [0.717, 1.165) is 29.3 Å². The largest absolute Gasteiger partial charge is 0.495 e. The zero-order chi connectivity index (χ0) is 24.2. The summed E-state index contributed by atoms with van der Waals surface area (Å²) in [5, 5.41) is 2.75. The zero-order valence-corrected chi connectivity index (χ0v) is 20.3. The SMILES string of the molecule is CCCCc1ccc(N2CC(C(=O)Nc3cc(S(=O)(=O)N(C)C)ccc3OC)CC2=O)cc1. The van der Waals surface area contributed by atoms with Crippen LogP contribution in [0, 0.1) is 5.92 Å². The second kappa shape index (κ2) is 10.4. The van der Waals surface area contributed by atoms with E-state index in [4.69, 9.17) is 4.74 Å². The van der Waals surface area contributed by atoms with Gasteiger partial charge in [-0.15, -0.1) is 0 Å². The molecule has 1 atom stereocenters. The van der Waals surface area contributed by atoms with Crippen molar-refractivity contribution in [3.05, 3.63) is 48.0 Å². The highest BCUT2D eigenvalue weighted by Crippen LogP contribution is 2.31. The Bertz CT molecular complexity index is 1110. The average molecular weight is 474 g/mol. The molecule has 0 aromatic heterocycles. The number of carbonyl (C=O) groups excluding carboxylic acids is 2. The Morgan fingerprint density at radius 1 is 1.18 bits per heavy atom. The average Bonchev–Trinajstić information content (AvgIpc) is 3.19. The number of nitrogens with zero attached hydrogens (tertiary/aromatic N) is 2. The molecule has 0 radical (unpaired) electrons. The van der Waals surface area contributed by atoms with Crippen LogP contribution in [-0.4, -0.2) is 52.3 Å². The standard InChI is InChI=1S/C24H31N3O5S/c1-5-6-7-17-8-10-19(11-9-17)27-16-18(14-23(27)28)24(29)25-21-15-20(12-13-22(21)32-4)33(30,31)26(2)3/h8-13,15,18H,5-7,14,16H2,1-4H3,(H,25,29). The molecule has 8 nitrogen and oxygen atoms in total. The summed E-state index contributed by atoms with van der Waals surface area (Å²) in [6, 6.07) is 12.2. The van der Waals surface area contributed by atoms with Crippen molar-refractivity contribution in [3.8, 4) is 5.75 Å². The number of benzene rings is 2. The van der Waals surface area contributed by atoms with Crippen LogP contribution >= 0.6 is 0 Å². The van der Waals surface area contributed by atoms with E-state index >= 15 is 0 Å². The lowest BCUT2D eigenvalue weighted by Crippen LogP contribution is -2.28. The van der Waals surface area contributed by atoms with Gasteiger partial charge in [-0.2, -0.15) is 0 Å². The topological polar surface area (TPSA) is 96.0 Å². The second-order valence-corrected chi connectivity index (χ2v) is 10.5. The Balaban J connectivity index is 1.74. The summed E-state index contributed by atoms with van der Waals surface area (Å²) in [6.07, 6.45) is 3.32. The summed E-state index contributed by atoms with van der Waals surface area (Å²) in [5.41, 5.74) is 2.24. The molecule has 3 rings (SSSR count). The second-order valence-electron chi connectivity index (χ2n) is 8.31. The molecule has 0 bridgehead atoms. The van der Waals surface area contributed by atoms with Crippen molar-refractivity contribution >= 4 is 33.2 Å². The Kier molecular flexibility index (Phi) is 7.76. The summed E-state index contributed by atoms with van der Waals surface area (Å²) in [6.45, 7) is 2.41. The predicted molar refractivity (Wildman–Crippen MR) is 128 cm³/mol. The van der Waals surface area contributed by atoms with Gasteiger partial charge in [-0.1, -0.05) is 25.5 Å². The number of sulfonamides is 1. The maximum absolute atomic E-state index is 13.0. The molecule has 2 aromatic rings. The van der Waals surface area contributed by atoms with Crippen molar-refractivity contribution in [2.45, 2.75) is 37.5 Å². The van der Waals surface area contributed by atoms with Crippen molar-refractivity contribution in [3.63, 3.8) is 0 Å². The molecule has 1 aliphatic heterocycles. The predicted octanol–water partition coefficient (Wildman–Crippen LogP) is 3.28. The number of hydrogen-bond acceptors (Lipinski definition) is 5. The molecule has 0 saturated carbocycles. The quantitative estimate of drug-likeness (QED) is 0.603. The summed E-state index contributed by atoms with van der Waals surface area (Å²) in [7, 11) is 0.637. The minimum atomic E-state index is -3.68. The fourth-order valence-electron chi connectivity index (χ4n) is 3.75. The Hall–Kier alpha value is -2.91. The summed E-state index contributed by atoms with van der Waals surface area (Å²) in [4.78, 5) is 27.2. The molecule has 2 amide bonds. The Morgan fingerprint density at radius 3 is 2.48 bits per heavy atom. The number of hydrogen-bond donors (Lipinski definition) is 1. The van der Waals surface area contributed by atoms with Gasteiger partial charge in [0.1, 0.15) is 5.75 Å². The van der Waals surface area contributed by atoms with Crippen LogP contribution in [0.15, 0.2) is 47.4 Å². The van der Waals surface area contributed by atoms with Gasteiger partial charge in [-0.3, -0.25) is 9.59 Å². The first-order valence-corrected chi connectivity index (χ1v) is 12.4. The zero-order valence-electron chi connectivity index (χ0n) is 19.5. The first kappa shape index (κ1) is 24.7. The molecule has 2 aromatic carbocycles. The first-order valence-electron chi connectivity index (χ1n) is 11.0. The lowest BCUT2D eigenvalue weighted by Gasteiger charge is -2.18. The molecule has 1 heterocycles. The van der Waals surface area contributed by atoms with E-state index in [1.54, 1.807) is 4.90 Å². The maximum atomic E-state index is 13.0. The molecule has 1 N–H and O–H groups in total. The van der Waals surface area contributed by atoms with Gasteiger partial charge < -0.3 is 15.0 Å². The van der Waals surface area contributed by atoms with Crippen molar-refractivity contribution in [2.24, 2.45) is 5.92 Å². The van der Waals surface area contributed by atoms with Gasteiger partial charge >= 0.3 is 0 Å². The molecular formula is C24H31N3O5S. The van der Waals surface area contributed by atoms with Crippen LogP contribution in [0.1, 0.15) is 31.7 Å². The number of rotatable bonds is 9. The fraction of sp³-hybridized carbons (Fsp3) is 0.417. The third-order valence-electron chi connectivity index (χ3n) is 5.77. The van der Waals surface area contributed by atoms with Crippen LogP contribution in [0.3, 0.4) is 0 Å². The highest BCUT2D eigenvalue weighted by Gasteiger charge is 2.35. The first-order chi connectivity index (χ1) is 15.7. The van der Waals surface area contributed by atoms with Gasteiger partial charge in [0.25, 0.3) is 0 Å². The number of amides is 2. The third kappa shape index (κ3) is 5.54. The van der Waals surface area contributed by atoms with E-state index in [1.165, 1.54) is 45.0 Å². The fourth-order valence-corrected chi connectivity index (χ4v) is 4.68. The van der Waals surface area contributed by atoms with Gasteiger partial charge in [-0.25, -0.2) is 12.7 Å². The van der Waals surface area contributed by atoms with Gasteiger partial charge in [-0.05, 0) is 48.7 Å². The molecule has 0 spiro atoms. The number of unbranched alkanes of at least 4 members (excludes halogenated alkanes) is 1. The number of aryl methyl sites for hydroxylation is 1. The van der Waals surface area contributed by atoms with Crippen molar-refractivity contribution < 1.29 is 22.7 Å². The lowest BCUT2D eigenvalue weighted by molar-refractivity contribution is -0.122. The number of ether oxygens (including phenoxy) is 1. The van der Waals surface area contributed by atoms with Gasteiger partial charge in [0.15, 0.2) is 0 Å². The van der Waals surface area contributed by atoms with Crippen LogP contribution < -0.4 is 15.0 Å². The summed E-state index contributed by atoms with van der Waals surface area (Å²) in [5.74, 6) is -0.698. The number of nitrogens with one attached hydrogen (secondary N) is 1. The number of methoxy groups -OCH3 is 1. The van der Waals surface area contributed by atoms with Crippen LogP contribution in [0.5, 0.6) is 5.75 Å². The van der Waals surface area contributed by atoms with Gasteiger partial charge in [0.2, 0.25) is 21.8 Å². The van der Waals surface area contributed by atoms with Crippen LogP contribution in [0.2, 0.25) is 0 Å². The van der Waals surface area contributed by atoms with E-state index < -0.39 is 15.9 Å². The van der Waals surface area contributed by atoms with E-state index in [0.29, 0.717) is 5.75 Å². The summed E-state index contributed by atoms with van der Waals surface area (Å²) >= 11 is 0. The smallest absolute Gasteiger partial charge is 0.242 e. The van der Waals surface area contributed by atoms with E-state index in [9.17, 15) is 18.0 Å². The minimum Gasteiger partial charge on any atom is -0.495 e. The molecular weight excluding hydrogens is 442 g/mol. The molecule has 1 aliphatic rings. The highest BCUT2D eigenvalue weighted by atomic mass is 32.2. The lowest BCUT2D eigenvalue weighted by atomic mass is 10.1. The Morgan fingerprint density at radius 2 is 1.88 bits per heavy atom. The number of anilines is 2. The normalized spacial score (nSPS) is 16.3. The maximum Gasteiger partial charge on any atom is 0.242 e. The molecule has 1 unspecified atom stereocenters. The molecule has 1 saturated heterocycles. The molecule has 0 aliphatic carbocycles. The van der Waals surface area contributed by atoms with E-state index in [-0.39, 0.29) is 35.4 Å². The minimum absolute atomic E-state index is 0.0379. The number of carbonyl (C=O) groups is 2. The van der Waals surface area contributed by atoms with E-state index in [1.807, 2.05) is 24.3 Å². The van der Waals surface area contributed by atoms with Crippen LogP contribution in [0.25, 0.3) is 0 Å². The van der Waals surface area contributed by atoms with E-state index in [2.05, 4.69) is 12.2 Å². The van der Waals surface area contributed by atoms with Crippen molar-refractivity contribution in [2.75, 3.05) is 38.0 Å². The third-order valence-corrected chi connectivity index (χ3v) is 7.58. The molecule has 178 valence electrons. The van der Waals surface area contributed by atoms with Crippen LogP contribution in [0.4, 0.5) is 11.4 Å². The van der Waals surface area contributed by atoms with Crippen molar-refractivity contribution in [1.82, 2.24) is 4.31 Å². The van der Waals surface area contributed by atoms with Gasteiger partial charge in [0.05, 0.1) is 23.6 Å². The van der Waals surface area contributed by atoms with Gasteiger partial charge in [0, 0.05) is 32.7 Å². The van der Waals surface area contributed by atoms with Crippen molar-refractivity contribution in [1.29, 1.82) is 0 Å². The molecule has 33 heavy (non-hydrogen) atoms. The molecule has 1 fully saturated rings. The Labute approximate surface area is 195 Å². The van der Waals surface area contributed by atoms with Crippen LogP contribution in [-0.2, 0) is 26.0 Å². The monoisotopic (exact) mass is 473 g/mol. The summed E-state index contributed by atoms with van der Waals surface area (Å²) < 4.78 is 31.3. The molecule has 9 heteroatoms.